The number of methoxy groups -OCH3 is 1. The van der Waals surface area contributed by atoms with Crippen LogP contribution in [0.1, 0.15) is 26.3 Å². The van der Waals surface area contributed by atoms with Crippen LogP contribution in [-0.4, -0.2) is 41.0 Å². The number of aromatic amines is 1. The van der Waals surface area contributed by atoms with Crippen molar-refractivity contribution in [1.82, 2.24) is 15.5 Å². The number of H-pyrrole nitrogens is 1. The van der Waals surface area contributed by atoms with Gasteiger partial charge in [-0.1, -0.05) is 12.1 Å². The highest BCUT2D eigenvalue weighted by Crippen LogP contribution is 2.15. The van der Waals surface area contributed by atoms with Crippen molar-refractivity contribution in [1.29, 1.82) is 0 Å². The van der Waals surface area contributed by atoms with Crippen LogP contribution in [-0.2, 0) is 20.7 Å². The van der Waals surface area contributed by atoms with Crippen LogP contribution in [0, 0.1) is 0 Å². The molecular formula is C16H21N3O4. The molecule has 23 heavy (non-hydrogen) atoms. The zero-order valence-electron chi connectivity index (χ0n) is 13.7. The molecule has 7 nitrogen and oxygen atoms in total. The van der Waals surface area contributed by atoms with E-state index in [1.165, 1.54) is 7.11 Å². The summed E-state index contributed by atoms with van der Waals surface area (Å²) in [5.41, 5.74) is 1.09. The summed E-state index contributed by atoms with van der Waals surface area (Å²) in [5.74, 6) is -0.527. The molecule has 2 N–H and O–H groups in total. The number of nitrogens with one attached hydrogen (secondary N) is 2. The molecule has 1 unspecified atom stereocenters. The fourth-order valence-corrected chi connectivity index (χ4v) is 2.13. The summed E-state index contributed by atoms with van der Waals surface area (Å²) in [7, 11) is 1.28. The number of rotatable bonds is 4. The SMILES string of the molecule is COC(=O)C(Cc1ccc2cn[nH]c2c1)NC(=O)OC(C)(C)C. The molecule has 0 spiro atoms. The lowest BCUT2D eigenvalue weighted by molar-refractivity contribution is -0.143. The van der Waals surface area contributed by atoms with Crippen LogP contribution in [0.25, 0.3) is 10.9 Å². The lowest BCUT2D eigenvalue weighted by Crippen LogP contribution is -2.45. The maximum atomic E-state index is 11.9. The Bertz CT molecular complexity index is 703. The summed E-state index contributed by atoms with van der Waals surface area (Å²) < 4.78 is 9.94. The molecule has 124 valence electrons. The number of ether oxygens (including phenoxy) is 2. The average Bonchev–Trinajstić information content (AvgIpc) is 2.91. The summed E-state index contributed by atoms with van der Waals surface area (Å²) >= 11 is 0. The van der Waals surface area contributed by atoms with Crippen LogP contribution in [0.3, 0.4) is 0 Å². The van der Waals surface area contributed by atoms with Gasteiger partial charge < -0.3 is 14.8 Å². The molecular weight excluding hydrogens is 298 g/mol. The molecule has 2 rings (SSSR count). The normalized spacial score (nSPS) is 12.7. The molecule has 0 aliphatic heterocycles. The molecule has 0 radical (unpaired) electrons. The highest BCUT2D eigenvalue weighted by atomic mass is 16.6. The Morgan fingerprint density at radius 3 is 2.74 bits per heavy atom. The molecule has 1 aromatic carbocycles. The Kier molecular flexibility index (Phi) is 4.88. The maximum absolute atomic E-state index is 11.9. The second-order valence-electron chi connectivity index (χ2n) is 6.22. The van der Waals surface area contributed by atoms with Crippen molar-refractivity contribution >= 4 is 23.0 Å². The number of hydrogen-bond acceptors (Lipinski definition) is 5. The highest BCUT2D eigenvalue weighted by Gasteiger charge is 2.25. The fourth-order valence-electron chi connectivity index (χ4n) is 2.13. The molecule has 2 aromatic rings. The Balaban J connectivity index is 2.11. The van der Waals surface area contributed by atoms with E-state index in [4.69, 9.17) is 9.47 Å². The number of hydrogen-bond donors (Lipinski definition) is 2. The third kappa shape index (κ3) is 4.70. The maximum Gasteiger partial charge on any atom is 0.408 e. The molecule has 0 saturated heterocycles. The molecule has 1 atom stereocenters. The van der Waals surface area contributed by atoms with Crippen LogP contribution >= 0.6 is 0 Å². The van der Waals surface area contributed by atoms with Crippen molar-refractivity contribution < 1.29 is 19.1 Å². The third-order valence-electron chi connectivity index (χ3n) is 3.12. The van der Waals surface area contributed by atoms with Crippen molar-refractivity contribution in [3.8, 4) is 0 Å². The lowest BCUT2D eigenvalue weighted by Gasteiger charge is -2.22. The van der Waals surface area contributed by atoms with Crippen molar-refractivity contribution in [3.05, 3.63) is 30.0 Å². The summed E-state index contributed by atoms with van der Waals surface area (Å²) in [4.78, 5) is 23.8. The molecule has 0 saturated carbocycles. The van der Waals surface area contributed by atoms with Crippen molar-refractivity contribution in [2.45, 2.75) is 38.8 Å². The Labute approximate surface area is 134 Å². The van der Waals surface area contributed by atoms with E-state index >= 15 is 0 Å². The average molecular weight is 319 g/mol. The van der Waals surface area contributed by atoms with Crippen molar-refractivity contribution in [2.24, 2.45) is 0 Å². The van der Waals surface area contributed by atoms with Crippen LogP contribution in [0.2, 0.25) is 0 Å². The number of esters is 1. The monoisotopic (exact) mass is 319 g/mol. The number of carbonyl (C=O) groups is 2. The van der Waals surface area contributed by atoms with Gasteiger partial charge in [0.1, 0.15) is 11.6 Å². The second kappa shape index (κ2) is 6.68. The molecule has 1 heterocycles. The van der Waals surface area contributed by atoms with Gasteiger partial charge in [-0.3, -0.25) is 5.10 Å². The van der Waals surface area contributed by atoms with Gasteiger partial charge in [0, 0.05) is 11.8 Å². The molecule has 0 aliphatic rings. The second-order valence-corrected chi connectivity index (χ2v) is 6.22. The predicted octanol–water partition coefficient (Wildman–Crippen LogP) is 2.17. The molecule has 1 aromatic heterocycles. The number of amides is 1. The summed E-state index contributed by atoms with van der Waals surface area (Å²) in [5, 5.41) is 10.4. The molecule has 7 heteroatoms. The molecule has 1 amide bonds. The van der Waals surface area contributed by atoms with E-state index in [2.05, 4.69) is 15.5 Å². The molecule has 0 fully saturated rings. The van der Waals surface area contributed by atoms with Crippen LogP contribution in [0.15, 0.2) is 24.4 Å². The summed E-state index contributed by atoms with van der Waals surface area (Å²) in [6.07, 6.45) is 1.35. The quantitative estimate of drug-likeness (QED) is 0.842. The summed E-state index contributed by atoms with van der Waals surface area (Å²) in [6, 6.07) is 4.84. The van der Waals surface area contributed by atoms with E-state index in [9.17, 15) is 9.59 Å². The van der Waals surface area contributed by atoms with E-state index in [1.54, 1.807) is 27.0 Å². The van der Waals surface area contributed by atoms with Gasteiger partial charge in [-0.2, -0.15) is 5.10 Å². The standard InChI is InChI=1S/C16H21N3O4/c1-16(2,3)23-15(21)18-13(14(20)22-4)8-10-5-6-11-9-17-19-12(11)7-10/h5-7,9,13H,8H2,1-4H3,(H,17,19)(H,18,21). The number of alkyl carbamates (subject to hydrolysis) is 1. The first-order chi connectivity index (χ1) is 10.8. The van der Waals surface area contributed by atoms with Crippen molar-refractivity contribution in [2.75, 3.05) is 7.11 Å². The third-order valence-corrected chi connectivity index (χ3v) is 3.12. The first-order valence-electron chi connectivity index (χ1n) is 7.28. The Hall–Kier alpha value is -2.57. The highest BCUT2D eigenvalue weighted by molar-refractivity contribution is 5.82. The number of benzene rings is 1. The zero-order chi connectivity index (χ0) is 17.0. The van der Waals surface area contributed by atoms with E-state index < -0.39 is 23.7 Å². The molecule has 0 aliphatic carbocycles. The van der Waals surface area contributed by atoms with Gasteiger partial charge in [-0.05, 0) is 32.4 Å². The minimum atomic E-state index is -0.824. The minimum Gasteiger partial charge on any atom is -0.467 e. The van der Waals surface area contributed by atoms with Crippen LogP contribution in [0.5, 0.6) is 0 Å². The number of fused-ring (bicyclic) bond motifs is 1. The van der Waals surface area contributed by atoms with E-state index in [1.807, 2.05) is 18.2 Å². The zero-order valence-corrected chi connectivity index (χ0v) is 13.7. The lowest BCUT2D eigenvalue weighted by atomic mass is 10.0. The van der Waals surface area contributed by atoms with Gasteiger partial charge in [0.05, 0.1) is 18.8 Å². The Morgan fingerprint density at radius 2 is 2.09 bits per heavy atom. The topological polar surface area (TPSA) is 93.3 Å². The van der Waals surface area contributed by atoms with Gasteiger partial charge in [-0.15, -0.1) is 0 Å². The minimum absolute atomic E-state index is 0.293. The summed E-state index contributed by atoms with van der Waals surface area (Å²) in [6.45, 7) is 5.27. The van der Waals surface area contributed by atoms with E-state index in [0.29, 0.717) is 6.42 Å². The van der Waals surface area contributed by atoms with Crippen LogP contribution < -0.4 is 5.32 Å². The van der Waals surface area contributed by atoms with E-state index in [0.717, 1.165) is 16.5 Å². The largest absolute Gasteiger partial charge is 0.467 e. The van der Waals surface area contributed by atoms with Gasteiger partial charge >= 0.3 is 12.1 Å². The van der Waals surface area contributed by atoms with Gasteiger partial charge in [0.15, 0.2) is 0 Å². The van der Waals surface area contributed by atoms with Crippen molar-refractivity contribution in [3.63, 3.8) is 0 Å². The Morgan fingerprint density at radius 1 is 1.35 bits per heavy atom. The first kappa shape index (κ1) is 16.8. The fraction of sp³-hybridized carbons (Fsp3) is 0.438. The number of carbonyl (C=O) groups excluding carboxylic acids is 2. The first-order valence-corrected chi connectivity index (χ1v) is 7.28. The van der Waals surface area contributed by atoms with Gasteiger partial charge in [-0.25, -0.2) is 9.59 Å². The van der Waals surface area contributed by atoms with E-state index in [-0.39, 0.29) is 0 Å². The number of aromatic nitrogens is 2. The molecule has 0 bridgehead atoms. The van der Waals surface area contributed by atoms with Gasteiger partial charge in [0.25, 0.3) is 0 Å². The smallest absolute Gasteiger partial charge is 0.408 e. The predicted molar refractivity (Wildman–Crippen MR) is 85.0 cm³/mol. The van der Waals surface area contributed by atoms with Crippen LogP contribution in [0.4, 0.5) is 4.79 Å². The van der Waals surface area contributed by atoms with Gasteiger partial charge in [0.2, 0.25) is 0 Å². The number of nitrogens with zero attached hydrogens (tertiary/aromatic N) is 1.